The lowest BCUT2D eigenvalue weighted by molar-refractivity contribution is -0.140. The molecule has 1 amide bonds. The molecule has 1 atom stereocenters. The van der Waals surface area contributed by atoms with Gasteiger partial charge in [0.1, 0.15) is 17.3 Å². The minimum atomic E-state index is -0.763. The Morgan fingerprint density at radius 2 is 1.71 bits per heavy atom. The van der Waals surface area contributed by atoms with E-state index in [1.807, 2.05) is 13.8 Å². The molecule has 2 aromatic carbocycles. The summed E-state index contributed by atoms with van der Waals surface area (Å²) in [6.45, 7) is 6.66. The fourth-order valence-electron chi connectivity index (χ4n) is 3.89. The zero-order valence-electron chi connectivity index (χ0n) is 18.0. The van der Waals surface area contributed by atoms with E-state index in [0.717, 1.165) is 13.1 Å². The molecule has 0 radical (unpaired) electrons. The number of ketones is 1. The fraction of sp³-hybridized carbons (Fsp3) is 0.333. The number of hydrogen-bond donors (Lipinski definition) is 2. The molecule has 1 aliphatic heterocycles. The molecule has 1 saturated heterocycles. The Hall–Kier alpha value is -3.32. The van der Waals surface area contributed by atoms with Crippen LogP contribution in [0.5, 0.6) is 11.5 Å². The van der Waals surface area contributed by atoms with Crippen molar-refractivity contribution in [2.45, 2.75) is 19.9 Å². The highest BCUT2D eigenvalue weighted by Gasteiger charge is 2.46. The number of methoxy groups -OCH3 is 1. The normalized spacial score (nSPS) is 18.1. The number of ether oxygens (including phenoxy) is 1. The molecular weight excluding hydrogens is 396 g/mol. The van der Waals surface area contributed by atoms with Crippen molar-refractivity contribution < 1.29 is 24.5 Å². The van der Waals surface area contributed by atoms with Gasteiger partial charge in [-0.1, -0.05) is 38.1 Å². The summed E-state index contributed by atoms with van der Waals surface area (Å²) in [6.07, 6.45) is 0. The average molecular weight is 424 g/mol. The first-order valence-corrected chi connectivity index (χ1v) is 10.4. The maximum absolute atomic E-state index is 13.1. The van der Waals surface area contributed by atoms with E-state index in [9.17, 15) is 19.8 Å². The molecule has 31 heavy (non-hydrogen) atoms. The number of phenols is 1. The smallest absolute Gasteiger partial charge is 0.295 e. The molecule has 0 bridgehead atoms. The molecule has 3 rings (SSSR count). The zero-order chi connectivity index (χ0) is 22.5. The van der Waals surface area contributed by atoms with Crippen molar-refractivity contribution in [1.29, 1.82) is 0 Å². The van der Waals surface area contributed by atoms with Gasteiger partial charge < -0.3 is 24.7 Å². The summed E-state index contributed by atoms with van der Waals surface area (Å²) in [5.41, 5.74) is 0.989. The predicted molar refractivity (Wildman–Crippen MR) is 118 cm³/mol. The van der Waals surface area contributed by atoms with Crippen LogP contribution in [0.2, 0.25) is 0 Å². The van der Waals surface area contributed by atoms with Crippen LogP contribution in [0.1, 0.15) is 31.0 Å². The predicted octanol–water partition coefficient (Wildman–Crippen LogP) is 3.16. The number of carbonyl (C=O) groups is 2. The first-order chi connectivity index (χ1) is 14.9. The minimum Gasteiger partial charge on any atom is -0.508 e. The Balaban J connectivity index is 2.12. The number of likely N-dealkylation sites (tertiary alicyclic amines) is 1. The van der Waals surface area contributed by atoms with Crippen LogP contribution in [0.3, 0.4) is 0 Å². The van der Waals surface area contributed by atoms with E-state index in [1.165, 1.54) is 24.1 Å². The van der Waals surface area contributed by atoms with Crippen molar-refractivity contribution in [1.82, 2.24) is 9.80 Å². The van der Waals surface area contributed by atoms with Crippen molar-refractivity contribution in [2.75, 3.05) is 33.3 Å². The molecule has 7 nitrogen and oxygen atoms in total. The Morgan fingerprint density at radius 1 is 1.06 bits per heavy atom. The Bertz CT molecular complexity index is 980. The number of aromatic hydroxyl groups is 1. The van der Waals surface area contributed by atoms with E-state index in [4.69, 9.17) is 4.74 Å². The molecule has 1 fully saturated rings. The van der Waals surface area contributed by atoms with Crippen LogP contribution < -0.4 is 4.74 Å². The topological polar surface area (TPSA) is 90.3 Å². The maximum Gasteiger partial charge on any atom is 0.295 e. The van der Waals surface area contributed by atoms with Gasteiger partial charge >= 0.3 is 0 Å². The van der Waals surface area contributed by atoms with Gasteiger partial charge in [-0.3, -0.25) is 9.59 Å². The van der Waals surface area contributed by atoms with Gasteiger partial charge in [-0.15, -0.1) is 0 Å². The number of aliphatic hydroxyl groups is 1. The number of phenolic OH excluding ortho intramolecular Hbond substituents is 1. The quantitative estimate of drug-likeness (QED) is 0.384. The molecule has 0 aliphatic carbocycles. The lowest BCUT2D eigenvalue weighted by Crippen LogP contribution is -2.38. The number of Topliss-reactive ketones (excluding diaryl/α,β-unsaturated/α-hetero) is 1. The lowest BCUT2D eigenvalue weighted by Gasteiger charge is -2.28. The first kappa shape index (κ1) is 22.4. The van der Waals surface area contributed by atoms with E-state index in [0.29, 0.717) is 30.0 Å². The van der Waals surface area contributed by atoms with Gasteiger partial charge in [0, 0.05) is 13.1 Å². The van der Waals surface area contributed by atoms with Crippen molar-refractivity contribution in [2.24, 2.45) is 0 Å². The van der Waals surface area contributed by atoms with E-state index < -0.39 is 17.7 Å². The van der Waals surface area contributed by atoms with Crippen molar-refractivity contribution in [3.8, 4) is 11.5 Å². The maximum atomic E-state index is 13.1. The van der Waals surface area contributed by atoms with E-state index >= 15 is 0 Å². The van der Waals surface area contributed by atoms with Crippen LogP contribution in [-0.4, -0.2) is 65.0 Å². The summed E-state index contributed by atoms with van der Waals surface area (Å²) in [4.78, 5) is 29.7. The number of likely N-dealkylation sites (N-methyl/N-ethyl adjacent to an activating group) is 1. The third-order valence-corrected chi connectivity index (χ3v) is 5.66. The van der Waals surface area contributed by atoms with Gasteiger partial charge in [-0.2, -0.15) is 0 Å². The standard InChI is InChI=1S/C24H28N2O5/c1-4-25(5-2)14-15-26-21(16-10-12-17(27)13-11-16)20(23(29)24(26)30)22(28)18-8-6-7-9-19(18)31-3/h6-13,21,27-28H,4-5,14-15H2,1-3H3/b22-20-. The lowest BCUT2D eigenvalue weighted by atomic mass is 9.95. The van der Waals surface area contributed by atoms with Crippen LogP contribution in [0, 0.1) is 0 Å². The van der Waals surface area contributed by atoms with E-state index in [1.54, 1.807) is 36.4 Å². The Labute approximate surface area is 182 Å². The number of hydrogen-bond acceptors (Lipinski definition) is 6. The summed E-state index contributed by atoms with van der Waals surface area (Å²) in [6, 6.07) is 12.4. The summed E-state index contributed by atoms with van der Waals surface area (Å²) in [5, 5.41) is 20.8. The molecule has 1 heterocycles. The van der Waals surface area contributed by atoms with Gasteiger partial charge in [0.15, 0.2) is 0 Å². The summed E-state index contributed by atoms with van der Waals surface area (Å²) in [5.74, 6) is -1.19. The number of nitrogens with zero attached hydrogens (tertiary/aromatic N) is 2. The molecule has 2 aromatic rings. The average Bonchev–Trinajstić information content (AvgIpc) is 3.04. The summed E-state index contributed by atoms with van der Waals surface area (Å²) < 4.78 is 5.34. The molecule has 0 spiro atoms. The summed E-state index contributed by atoms with van der Waals surface area (Å²) >= 11 is 0. The molecule has 164 valence electrons. The van der Waals surface area contributed by atoms with Gasteiger partial charge in [0.05, 0.1) is 24.3 Å². The van der Waals surface area contributed by atoms with E-state index in [-0.39, 0.29) is 17.1 Å². The van der Waals surface area contributed by atoms with Crippen molar-refractivity contribution >= 4 is 17.4 Å². The van der Waals surface area contributed by atoms with Crippen molar-refractivity contribution in [3.63, 3.8) is 0 Å². The van der Waals surface area contributed by atoms with Crippen LogP contribution in [0.4, 0.5) is 0 Å². The van der Waals surface area contributed by atoms with Crippen LogP contribution in [-0.2, 0) is 9.59 Å². The number of carbonyl (C=O) groups excluding carboxylic acids is 2. The molecule has 0 saturated carbocycles. The monoisotopic (exact) mass is 424 g/mol. The highest BCUT2D eigenvalue weighted by atomic mass is 16.5. The second-order valence-corrected chi connectivity index (χ2v) is 7.31. The van der Waals surface area contributed by atoms with Gasteiger partial charge in [0.2, 0.25) is 0 Å². The second kappa shape index (κ2) is 9.66. The highest BCUT2D eigenvalue weighted by molar-refractivity contribution is 6.46. The Kier molecular flexibility index (Phi) is 6.97. The molecule has 1 aliphatic rings. The SMILES string of the molecule is CCN(CC)CCN1C(=O)C(=O)/C(=C(\O)c2ccccc2OC)C1c1ccc(O)cc1. The number of para-hydroxylation sites is 1. The van der Waals surface area contributed by atoms with E-state index in [2.05, 4.69) is 4.90 Å². The number of rotatable bonds is 8. The Morgan fingerprint density at radius 3 is 2.32 bits per heavy atom. The molecule has 7 heteroatoms. The first-order valence-electron chi connectivity index (χ1n) is 10.4. The number of amides is 1. The number of benzene rings is 2. The summed E-state index contributed by atoms with van der Waals surface area (Å²) in [7, 11) is 1.48. The van der Waals surface area contributed by atoms with Gasteiger partial charge in [0.25, 0.3) is 11.7 Å². The van der Waals surface area contributed by atoms with Crippen molar-refractivity contribution in [3.05, 3.63) is 65.2 Å². The third kappa shape index (κ3) is 4.41. The molecule has 2 N–H and O–H groups in total. The third-order valence-electron chi connectivity index (χ3n) is 5.66. The van der Waals surface area contributed by atoms with Crippen LogP contribution in [0.15, 0.2) is 54.1 Å². The molecule has 0 aromatic heterocycles. The molecule has 1 unspecified atom stereocenters. The van der Waals surface area contributed by atoms with Gasteiger partial charge in [-0.05, 0) is 42.9 Å². The highest BCUT2D eigenvalue weighted by Crippen LogP contribution is 2.41. The molecular formula is C24H28N2O5. The fourth-order valence-corrected chi connectivity index (χ4v) is 3.89. The van der Waals surface area contributed by atoms with Crippen LogP contribution >= 0.6 is 0 Å². The number of aliphatic hydroxyl groups excluding tert-OH is 1. The van der Waals surface area contributed by atoms with Crippen LogP contribution in [0.25, 0.3) is 5.76 Å². The zero-order valence-corrected chi connectivity index (χ0v) is 18.0. The minimum absolute atomic E-state index is 0.0136. The second-order valence-electron chi connectivity index (χ2n) is 7.31. The van der Waals surface area contributed by atoms with Gasteiger partial charge in [-0.25, -0.2) is 0 Å². The largest absolute Gasteiger partial charge is 0.508 e.